The fourth-order valence-corrected chi connectivity index (χ4v) is 2.47. The number of benzene rings is 2. The molecule has 1 unspecified atom stereocenters. The van der Waals surface area contributed by atoms with E-state index in [-0.39, 0.29) is 12.1 Å². The summed E-state index contributed by atoms with van der Waals surface area (Å²) < 4.78 is 5.66. The largest absolute Gasteiger partial charge is 0.489 e. The van der Waals surface area contributed by atoms with Crippen molar-refractivity contribution in [1.82, 2.24) is 0 Å². The molecule has 112 valence electrons. The Bertz CT molecular complexity index is 569. The molecule has 3 heteroatoms. The van der Waals surface area contributed by atoms with Crippen molar-refractivity contribution in [2.75, 3.05) is 5.32 Å². The number of hydrogen-bond acceptors (Lipinski definition) is 2. The number of halogens is 1. The molecule has 0 aromatic heterocycles. The van der Waals surface area contributed by atoms with E-state index in [1.54, 1.807) is 0 Å². The molecule has 0 aliphatic carbocycles. The average Bonchev–Trinajstić information content (AvgIpc) is 2.48. The molecule has 0 spiro atoms. The van der Waals surface area contributed by atoms with Gasteiger partial charge >= 0.3 is 0 Å². The molecule has 2 aromatic rings. The van der Waals surface area contributed by atoms with Gasteiger partial charge in [0.2, 0.25) is 0 Å². The second-order valence-corrected chi connectivity index (χ2v) is 5.73. The Hall–Kier alpha value is -1.67. The number of hydrogen-bond donors (Lipinski definition) is 1. The minimum absolute atomic E-state index is 0.119. The molecule has 0 saturated heterocycles. The minimum Gasteiger partial charge on any atom is -0.489 e. The second kappa shape index (κ2) is 7.37. The van der Waals surface area contributed by atoms with Gasteiger partial charge in [-0.15, -0.1) is 0 Å². The van der Waals surface area contributed by atoms with Gasteiger partial charge in [0.25, 0.3) is 0 Å². The molecule has 0 bridgehead atoms. The molecule has 0 saturated carbocycles. The minimum atomic E-state index is 0.119. The zero-order chi connectivity index (χ0) is 15.2. The van der Waals surface area contributed by atoms with Crippen LogP contribution in [0.3, 0.4) is 0 Å². The lowest BCUT2D eigenvalue weighted by molar-refractivity contribution is 0.242. The summed E-state index contributed by atoms with van der Waals surface area (Å²) in [5.41, 5.74) is 2.28. The Morgan fingerprint density at radius 1 is 1.10 bits per heavy atom. The van der Waals surface area contributed by atoms with Crippen molar-refractivity contribution in [2.24, 2.45) is 0 Å². The first kappa shape index (κ1) is 15.7. The molecule has 0 fully saturated rings. The van der Waals surface area contributed by atoms with Crippen LogP contribution in [0.15, 0.2) is 48.5 Å². The van der Waals surface area contributed by atoms with Crippen molar-refractivity contribution in [1.29, 1.82) is 0 Å². The highest BCUT2D eigenvalue weighted by atomic mass is 35.5. The fraction of sp³-hybridized carbons (Fsp3) is 0.333. The molecule has 0 radical (unpaired) electrons. The summed E-state index contributed by atoms with van der Waals surface area (Å²) in [6.07, 6.45) is 1.13. The van der Waals surface area contributed by atoms with Crippen LogP contribution in [-0.2, 0) is 0 Å². The number of anilines is 1. The van der Waals surface area contributed by atoms with Crippen molar-refractivity contribution in [3.63, 3.8) is 0 Å². The van der Waals surface area contributed by atoms with E-state index >= 15 is 0 Å². The normalized spacial score (nSPS) is 12.2. The summed E-state index contributed by atoms with van der Waals surface area (Å²) in [4.78, 5) is 0. The van der Waals surface area contributed by atoms with E-state index in [0.717, 1.165) is 17.9 Å². The topological polar surface area (TPSA) is 21.3 Å². The third-order valence-corrected chi connectivity index (χ3v) is 3.54. The molecule has 1 N–H and O–H groups in total. The van der Waals surface area contributed by atoms with Crippen molar-refractivity contribution in [3.05, 3.63) is 59.1 Å². The zero-order valence-electron chi connectivity index (χ0n) is 12.8. The van der Waals surface area contributed by atoms with Crippen LogP contribution in [0.2, 0.25) is 5.02 Å². The molecule has 2 aromatic carbocycles. The highest BCUT2D eigenvalue weighted by Crippen LogP contribution is 2.30. The number of rotatable bonds is 6. The molecule has 0 aliphatic rings. The Morgan fingerprint density at radius 2 is 1.81 bits per heavy atom. The molecule has 21 heavy (non-hydrogen) atoms. The predicted octanol–water partition coefficient (Wildman–Crippen LogP) is 5.69. The zero-order valence-corrected chi connectivity index (χ0v) is 13.5. The lowest BCUT2D eigenvalue weighted by Gasteiger charge is -2.20. The van der Waals surface area contributed by atoms with Crippen molar-refractivity contribution >= 4 is 17.3 Å². The van der Waals surface area contributed by atoms with Gasteiger partial charge in [-0.1, -0.05) is 48.9 Å². The van der Waals surface area contributed by atoms with Crippen molar-refractivity contribution in [2.45, 2.75) is 39.3 Å². The van der Waals surface area contributed by atoms with Gasteiger partial charge in [-0.05, 0) is 44.0 Å². The van der Waals surface area contributed by atoms with E-state index in [2.05, 4.69) is 36.5 Å². The molecular formula is C18H22ClNO. The molecule has 0 heterocycles. The van der Waals surface area contributed by atoms with Crippen LogP contribution in [0.4, 0.5) is 5.69 Å². The summed E-state index contributed by atoms with van der Waals surface area (Å²) in [6, 6.07) is 16.6. The molecule has 0 amide bonds. The van der Waals surface area contributed by atoms with Crippen LogP contribution < -0.4 is 10.1 Å². The average molecular weight is 304 g/mol. The lowest BCUT2D eigenvalue weighted by atomic mass is 10.0. The Kier molecular flexibility index (Phi) is 5.51. The van der Waals surface area contributed by atoms with Gasteiger partial charge in [0.1, 0.15) is 5.75 Å². The van der Waals surface area contributed by atoms with Gasteiger partial charge in [0.15, 0.2) is 0 Å². The molecule has 0 aliphatic heterocycles. The highest BCUT2D eigenvalue weighted by molar-refractivity contribution is 6.32. The Labute approximate surface area is 132 Å². The maximum Gasteiger partial charge on any atom is 0.138 e. The van der Waals surface area contributed by atoms with E-state index in [9.17, 15) is 0 Å². The van der Waals surface area contributed by atoms with Gasteiger partial charge in [0, 0.05) is 5.69 Å². The standard InChI is InChI=1S/C18H22ClNO/c1-4-17(14-8-6-5-7-9-14)20-15-10-11-18(16(19)12-15)21-13(2)3/h5-13,17,20H,4H2,1-3H3. The lowest BCUT2D eigenvalue weighted by Crippen LogP contribution is -2.10. The molecule has 2 nitrogen and oxygen atoms in total. The van der Waals surface area contributed by atoms with Gasteiger partial charge in [-0.2, -0.15) is 0 Å². The summed E-state index contributed by atoms with van der Waals surface area (Å²) in [6.45, 7) is 6.15. The summed E-state index contributed by atoms with van der Waals surface area (Å²) >= 11 is 6.28. The van der Waals surface area contributed by atoms with E-state index in [1.807, 2.05) is 38.1 Å². The van der Waals surface area contributed by atoms with Crippen LogP contribution in [0, 0.1) is 0 Å². The van der Waals surface area contributed by atoms with Gasteiger partial charge in [-0.25, -0.2) is 0 Å². The second-order valence-electron chi connectivity index (χ2n) is 5.33. The van der Waals surface area contributed by atoms with E-state index < -0.39 is 0 Å². The molecular weight excluding hydrogens is 282 g/mol. The summed E-state index contributed by atoms with van der Waals surface area (Å²) in [7, 11) is 0. The smallest absolute Gasteiger partial charge is 0.138 e. The molecule has 1 atom stereocenters. The predicted molar refractivity (Wildman–Crippen MR) is 90.3 cm³/mol. The SMILES string of the molecule is CCC(Nc1ccc(OC(C)C)c(Cl)c1)c1ccccc1. The monoisotopic (exact) mass is 303 g/mol. The summed E-state index contributed by atoms with van der Waals surface area (Å²) in [5, 5.41) is 4.16. The number of nitrogens with one attached hydrogen (secondary N) is 1. The van der Waals surface area contributed by atoms with Gasteiger partial charge < -0.3 is 10.1 Å². The van der Waals surface area contributed by atoms with Gasteiger partial charge in [-0.3, -0.25) is 0 Å². The van der Waals surface area contributed by atoms with E-state index in [4.69, 9.17) is 16.3 Å². The van der Waals surface area contributed by atoms with Crippen LogP contribution in [-0.4, -0.2) is 6.10 Å². The van der Waals surface area contributed by atoms with Crippen LogP contribution in [0.25, 0.3) is 0 Å². The first-order chi connectivity index (χ1) is 10.1. The number of ether oxygens (including phenoxy) is 1. The van der Waals surface area contributed by atoms with Gasteiger partial charge in [0.05, 0.1) is 17.2 Å². The van der Waals surface area contributed by atoms with Crippen LogP contribution in [0.1, 0.15) is 38.8 Å². The third-order valence-electron chi connectivity index (χ3n) is 3.25. The van der Waals surface area contributed by atoms with Crippen LogP contribution in [0.5, 0.6) is 5.75 Å². The summed E-state index contributed by atoms with van der Waals surface area (Å²) in [5.74, 6) is 0.727. The maximum absolute atomic E-state index is 6.28. The maximum atomic E-state index is 6.28. The van der Waals surface area contributed by atoms with Crippen LogP contribution >= 0.6 is 11.6 Å². The first-order valence-corrected chi connectivity index (χ1v) is 7.75. The van der Waals surface area contributed by atoms with Crippen molar-refractivity contribution in [3.8, 4) is 5.75 Å². The quantitative estimate of drug-likeness (QED) is 0.740. The first-order valence-electron chi connectivity index (χ1n) is 7.37. The third kappa shape index (κ3) is 4.40. The molecule has 2 rings (SSSR count). The Balaban J connectivity index is 2.13. The van der Waals surface area contributed by atoms with E-state index in [0.29, 0.717) is 5.02 Å². The van der Waals surface area contributed by atoms with E-state index in [1.165, 1.54) is 5.56 Å². The fourth-order valence-electron chi connectivity index (χ4n) is 2.25. The van der Waals surface area contributed by atoms with Crippen molar-refractivity contribution < 1.29 is 4.74 Å². The highest BCUT2D eigenvalue weighted by Gasteiger charge is 2.10. The Morgan fingerprint density at radius 3 is 2.38 bits per heavy atom.